The molecule has 10 heteroatoms. The predicted molar refractivity (Wildman–Crippen MR) is 98.1 cm³/mol. The summed E-state index contributed by atoms with van der Waals surface area (Å²) in [5.41, 5.74) is -0.147. The van der Waals surface area contributed by atoms with E-state index in [9.17, 15) is 9.18 Å². The van der Waals surface area contributed by atoms with Crippen molar-refractivity contribution in [1.29, 1.82) is 0 Å². The second-order valence-corrected chi connectivity index (χ2v) is 8.02. The number of cyclic esters (lactones) is 1. The second kappa shape index (κ2) is 6.56. The van der Waals surface area contributed by atoms with Crippen molar-refractivity contribution < 1.29 is 23.2 Å². The SMILES string of the molecule is CC1(C)OB(c2ccc(C3COC(=O)N3Cn3ccnn3)cc2F)OC1(C)C. The fourth-order valence-corrected chi connectivity index (χ4v) is 3.26. The van der Waals surface area contributed by atoms with Crippen LogP contribution in [0.4, 0.5) is 9.18 Å². The molecular weight excluding hydrogens is 366 g/mol. The molecule has 2 aliphatic rings. The highest BCUT2D eigenvalue weighted by Gasteiger charge is 2.52. The maximum atomic E-state index is 14.9. The Hall–Kier alpha value is -2.46. The molecule has 2 saturated heterocycles. The molecule has 3 heterocycles. The molecule has 148 valence electrons. The minimum absolute atomic E-state index is 0.142. The topological polar surface area (TPSA) is 78.7 Å². The van der Waals surface area contributed by atoms with Gasteiger partial charge in [-0.1, -0.05) is 17.3 Å². The fraction of sp³-hybridized carbons (Fsp3) is 0.500. The summed E-state index contributed by atoms with van der Waals surface area (Å²) in [5.74, 6) is -0.448. The molecule has 1 aromatic carbocycles. The van der Waals surface area contributed by atoms with E-state index in [1.165, 1.54) is 21.8 Å². The third-order valence-corrected chi connectivity index (χ3v) is 5.66. The van der Waals surface area contributed by atoms with Gasteiger partial charge in [0, 0.05) is 11.7 Å². The first kappa shape index (κ1) is 18.9. The Balaban J connectivity index is 1.57. The average molecular weight is 388 g/mol. The molecule has 1 aromatic heterocycles. The van der Waals surface area contributed by atoms with Gasteiger partial charge in [0.05, 0.1) is 23.4 Å². The summed E-state index contributed by atoms with van der Waals surface area (Å²) < 4.78 is 33.5. The van der Waals surface area contributed by atoms with Crippen molar-refractivity contribution in [2.75, 3.05) is 6.61 Å². The maximum Gasteiger partial charge on any atom is 0.497 e. The van der Waals surface area contributed by atoms with Crippen molar-refractivity contribution in [2.24, 2.45) is 0 Å². The molecule has 28 heavy (non-hydrogen) atoms. The van der Waals surface area contributed by atoms with Crippen molar-refractivity contribution >= 4 is 18.7 Å². The zero-order chi connectivity index (χ0) is 20.1. The maximum absolute atomic E-state index is 14.9. The molecule has 8 nitrogen and oxygen atoms in total. The van der Waals surface area contributed by atoms with Crippen LogP contribution in [0.15, 0.2) is 30.6 Å². The zero-order valence-corrected chi connectivity index (χ0v) is 16.3. The van der Waals surface area contributed by atoms with Crippen LogP contribution in [0.25, 0.3) is 0 Å². The van der Waals surface area contributed by atoms with Crippen LogP contribution in [0.2, 0.25) is 0 Å². The van der Waals surface area contributed by atoms with Gasteiger partial charge in [-0.2, -0.15) is 0 Å². The van der Waals surface area contributed by atoms with Gasteiger partial charge in [0.2, 0.25) is 0 Å². The Morgan fingerprint density at radius 2 is 1.96 bits per heavy atom. The van der Waals surface area contributed by atoms with Gasteiger partial charge in [-0.3, -0.25) is 4.90 Å². The first-order chi connectivity index (χ1) is 13.2. The van der Waals surface area contributed by atoms with Crippen molar-refractivity contribution in [3.63, 3.8) is 0 Å². The van der Waals surface area contributed by atoms with Crippen LogP contribution in [-0.4, -0.2) is 50.9 Å². The molecule has 4 rings (SSSR count). The summed E-state index contributed by atoms with van der Waals surface area (Å²) in [5, 5.41) is 7.59. The molecule has 2 fully saturated rings. The molecule has 0 spiro atoms. The lowest BCUT2D eigenvalue weighted by molar-refractivity contribution is 0.00578. The highest BCUT2D eigenvalue weighted by molar-refractivity contribution is 6.62. The standard InChI is InChI=1S/C18H22BFN4O4/c1-17(2)18(3,4)28-19(27-17)13-6-5-12(9-14(13)20)15-10-26-16(25)24(15)11-23-8-7-21-22-23/h5-9,15H,10-11H2,1-4H3. The number of aromatic nitrogens is 3. The van der Waals surface area contributed by atoms with Gasteiger partial charge in [0.15, 0.2) is 0 Å². The van der Waals surface area contributed by atoms with Crippen LogP contribution in [0.5, 0.6) is 0 Å². The van der Waals surface area contributed by atoms with Crippen LogP contribution in [-0.2, 0) is 20.7 Å². The molecule has 2 aliphatic heterocycles. The zero-order valence-electron chi connectivity index (χ0n) is 16.3. The van der Waals surface area contributed by atoms with E-state index in [-0.39, 0.29) is 13.3 Å². The largest absolute Gasteiger partial charge is 0.497 e. The summed E-state index contributed by atoms with van der Waals surface area (Å²) in [4.78, 5) is 13.6. The number of nitrogens with zero attached hydrogens (tertiary/aromatic N) is 4. The number of carbonyl (C=O) groups excluding carboxylic acids is 1. The van der Waals surface area contributed by atoms with Crippen molar-refractivity contribution in [3.8, 4) is 0 Å². The summed E-state index contributed by atoms with van der Waals surface area (Å²) in [7, 11) is -0.785. The molecule has 0 N–H and O–H groups in total. The van der Waals surface area contributed by atoms with Gasteiger partial charge < -0.3 is 14.0 Å². The summed E-state index contributed by atoms with van der Waals surface area (Å²) in [6, 6.07) is 4.40. The Kier molecular flexibility index (Phi) is 4.42. The van der Waals surface area contributed by atoms with E-state index < -0.39 is 36.3 Å². The van der Waals surface area contributed by atoms with Crippen LogP contribution >= 0.6 is 0 Å². The van der Waals surface area contributed by atoms with Crippen LogP contribution in [0.3, 0.4) is 0 Å². The van der Waals surface area contributed by atoms with E-state index in [1.54, 1.807) is 18.3 Å². The first-order valence-corrected chi connectivity index (χ1v) is 9.10. The minimum Gasteiger partial charge on any atom is -0.447 e. The fourth-order valence-electron chi connectivity index (χ4n) is 3.26. The third-order valence-electron chi connectivity index (χ3n) is 5.66. The molecule has 1 atom stereocenters. The van der Waals surface area contributed by atoms with Gasteiger partial charge in [0.25, 0.3) is 0 Å². The van der Waals surface area contributed by atoms with Gasteiger partial charge >= 0.3 is 13.2 Å². The highest BCUT2D eigenvalue weighted by Crippen LogP contribution is 2.37. The third kappa shape index (κ3) is 3.16. The van der Waals surface area contributed by atoms with Gasteiger partial charge in [-0.15, -0.1) is 5.10 Å². The van der Waals surface area contributed by atoms with Crippen LogP contribution in [0, 0.1) is 5.82 Å². The number of halogens is 1. The van der Waals surface area contributed by atoms with E-state index in [2.05, 4.69) is 10.3 Å². The minimum atomic E-state index is -0.785. The van der Waals surface area contributed by atoms with E-state index in [0.29, 0.717) is 11.0 Å². The number of rotatable bonds is 4. The van der Waals surface area contributed by atoms with Crippen molar-refractivity contribution in [1.82, 2.24) is 19.9 Å². The lowest BCUT2D eigenvalue weighted by atomic mass is 9.78. The molecule has 2 aromatic rings. The van der Waals surface area contributed by atoms with E-state index >= 15 is 0 Å². The summed E-state index contributed by atoms with van der Waals surface area (Å²) >= 11 is 0. The molecular formula is C18H22BFN4O4. The van der Waals surface area contributed by atoms with Crippen LogP contribution in [0.1, 0.15) is 39.3 Å². The number of benzene rings is 1. The second-order valence-electron chi connectivity index (χ2n) is 8.02. The number of amides is 1. The normalized spacial score (nSPS) is 23.3. The number of carbonyl (C=O) groups is 1. The monoisotopic (exact) mass is 388 g/mol. The average Bonchev–Trinajstić information content (AvgIpc) is 3.29. The molecule has 0 radical (unpaired) electrons. The van der Waals surface area contributed by atoms with Crippen LogP contribution < -0.4 is 5.46 Å². The summed E-state index contributed by atoms with van der Waals surface area (Å²) in [6.45, 7) is 7.99. The Morgan fingerprint density at radius 1 is 1.25 bits per heavy atom. The molecule has 0 saturated carbocycles. The molecule has 1 unspecified atom stereocenters. The number of hydrogen-bond acceptors (Lipinski definition) is 6. The van der Waals surface area contributed by atoms with Gasteiger partial charge in [-0.05, 0) is 39.3 Å². The predicted octanol–water partition coefficient (Wildman–Crippen LogP) is 1.87. The molecule has 0 bridgehead atoms. The Bertz CT molecular complexity index is 874. The molecule has 0 aliphatic carbocycles. The van der Waals surface area contributed by atoms with E-state index in [4.69, 9.17) is 14.0 Å². The first-order valence-electron chi connectivity index (χ1n) is 9.10. The summed E-state index contributed by atoms with van der Waals surface area (Å²) in [6.07, 6.45) is 2.69. The van der Waals surface area contributed by atoms with Crippen molar-refractivity contribution in [3.05, 3.63) is 42.0 Å². The van der Waals surface area contributed by atoms with Gasteiger partial charge in [-0.25, -0.2) is 13.9 Å². The highest BCUT2D eigenvalue weighted by atomic mass is 19.1. The smallest absolute Gasteiger partial charge is 0.447 e. The molecule has 1 amide bonds. The number of ether oxygens (including phenoxy) is 1. The van der Waals surface area contributed by atoms with E-state index in [0.717, 1.165) is 0 Å². The quantitative estimate of drug-likeness (QED) is 0.745. The Morgan fingerprint density at radius 3 is 2.57 bits per heavy atom. The van der Waals surface area contributed by atoms with Gasteiger partial charge in [0.1, 0.15) is 19.1 Å². The van der Waals surface area contributed by atoms with E-state index in [1.807, 2.05) is 27.7 Å². The van der Waals surface area contributed by atoms with Crippen molar-refractivity contribution in [2.45, 2.75) is 51.6 Å². The Labute approximate surface area is 162 Å². The lowest BCUT2D eigenvalue weighted by Gasteiger charge is -2.32. The lowest BCUT2D eigenvalue weighted by Crippen LogP contribution is -2.41. The number of hydrogen-bond donors (Lipinski definition) is 0.